The molecule has 9 heteroatoms. The summed E-state index contributed by atoms with van der Waals surface area (Å²) in [6.45, 7) is 3.74. The predicted octanol–water partition coefficient (Wildman–Crippen LogP) is 3.63. The molecule has 0 fully saturated rings. The van der Waals surface area contributed by atoms with E-state index in [1.54, 1.807) is 18.2 Å². The number of anilines is 1. The fourth-order valence-corrected chi connectivity index (χ4v) is 2.72. The van der Waals surface area contributed by atoms with Crippen LogP contribution in [0, 0.1) is 6.92 Å². The number of hydrogen-bond donors (Lipinski definition) is 2. The average molecular weight is 389 g/mol. The van der Waals surface area contributed by atoms with Crippen LogP contribution < -0.4 is 5.32 Å². The summed E-state index contributed by atoms with van der Waals surface area (Å²) < 4.78 is 9.92. The van der Waals surface area contributed by atoms with Crippen LogP contribution in [0.4, 0.5) is 5.69 Å². The standard InChI is InChI=1S/C18H17ClN4O4/c1-4-11-14(19)23-15(20-11)16(24)21-12-6-5-10(7-9(12)2)17-22-13(8-27-17)18(25)26-3/h5-8H,4H2,1-3H3,(H,20,23)(H,21,24). The molecule has 2 heterocycles. The smallest absolute Gasteiger partial charge is 0.360 e. The number of rotatable bonds is 5. The first-order valence-corrected chi connectivity index (χ1v) is 8.51. The number of nitrogens with zero attached hydrogens (tertiary/aromatic N) is 2. The first kappa shape index (κ1) is 18.7. The molecule has 0 radical (unpaired) electrons. The summed E-state index contributed by atoms with van der Waals surface area (Å²) >= 11 is 5.97. The van der Waals surface area contributed by atoms with Gasteiger partial charge in [-0.3, -0.25) is 4.79 Å². The number of aromatic amines is 1. The molecule has 3 aromatic rings. The van der Waals surface area contributed by atoms with E-state index in [0.29, 0.717) is 28.5 Å². The van der Waals surface area contributed by atoms with E-state index in [2.05, 4.69) is 25.0 Å². The zero-order valence-electron chi connectivity index (χ0n) is 14.9. The minimum atomic E-state index is -0.575. The Morgan fingerprint density at radius 3 is 2.74 bits per heavy atom. The second kappa shape index (κ2) is 7.63. The summed E-state index contributed by atoms with van der Waals surface area (Å²) in [7, 11) is 1.27. The summed E-state index contributed by atoms with van der Waals surface area (Å²) in [5, 5.41) is 3.08. The van der Waals surface area contributed by atoms with Gasteiger partial charge in [-0.2, -0.15) is 0 Å². The molecular formula is C18H17ClN4O4. The van der Waals surface area contributed by atoms with Crippen molar-refractivity contribution in [1.29, 1.82) is 0 Å². The highest BCUT2D eigenvalue weighted by Gasteiger charge is 2.17. The number of carbonyl (C=O) groups is 2. The molecule has 1 aromatic carbocycles. The Hall–Kier alpha value is -3.13. The number of aromatic nitrogens is 3. The lowest BCUT2D eigenvalue weighted by molar-refractivity contribution is 0.0594. The van der Waals surface area contributed by atoms with Gasteiger partial charge in [-0.05, 0) is 37.1 Å². The molecule has 1 amide bonds. The number of imidazole rings is 1. The zero-order chi connectivity index (χ0) is 19.6. The molecule has 0 aliphatic heterocycles. The molecule has 0 aliphatic carbocycles. The number of oxazole rings is 1. The van der Waals surface area contributed by atoms with Crippen LogP contribution in [0.2, 0.25) is 5.15 Å². The van der Waals surface area contributed by atoms with E-state index in [-0.39, 0.29) is 17.4 Å². The number of halogens is 1. The zero-order valence-corrected chi connectivity index (χ0v) is 15.7. The van der Waals surface area contributed by atoms with E-state index in [4.69, 9.17) is 16.0 Å². The lowest BCUT2D eigenvalue weighted by Gasteiger charge is -2.08. The van der Waals surface area contributed by atoms with Crippen LogP contribution in [0.25, 0.3) is 11.5 Å². The molecule has 0 saturated heterocycles. The van der Waals surface area contributed by atoms with Crippen LogP contribution in [0.1, 0.15) is 39.3 Å². The Kier molecular flexibility index (Phi) is 5.27. The van der Waals surface area contributed by atoms with Crippen molar-refractivity contribution in [3.8, 4) is 11.5 Å². The minimum Gasteiger partial charge on any atom is -0.464 e. The second-order valence-corrected chi connectivity index (χ2v) is 6.08. The summed E-state index contributed by atoms with van der Waals surface area (Å²) in [5.41, 5.74) is 2.85. The van der Waals surface area contributed by atoms with Crippen molar-refractivity contribution in [2.45, 2.75) is 20.3 Å². The molecular weight excluding hydrogens is 372 g/mol. The van der Waals surface area contributed by atoms with Crippen molar-refractivity contribution in [2.75, 3.05) is 12.4 Å². The van der Waals surface area contributed by atoms with Crippen LogP contribution in [0.5, 0.6) is 0 Å². The molecule has 0 bridgehead atoms. The summed E-state index contributed by atoms with van der Waals surface area (Å²) in [6, 6.07) is 5.23. The van der Waals surface area contributed by atoms with E-state index in [9.17, 15) is 9.59 Å². The fraction of sp³-hybridized carbons (Fsp3) is 0.222. The summed E-state index contributed by atoms with van der Waals surface area (Å²) in [6.07, 6.45) is 1.88. The SMILES string of the molecule is CCc1[nH]c(C(=O)Nc2ccc(-c3nc(C(=O)OC)co3)cc2C)nc1Cl. The number of ether oxygens (including phenoxy) is 1. The van der Waals surface area contributed by atoms with Crippen molar-refractivity contribution in [2.24, 2.45) is 0 Å². The van der Waals surface area contributed by atoms with E-state index in [0.717, 1.165) is 5.56 Å². The topological polar surface area (TPSA) is 110 Å². The number of amides is 1. The van der Waals surface area contributed by atoms with Gasteiger partial charge in [-0.1, -0.05) is 18.5 Å². The number of H-pyrrole nitrogens is 1. The van der Waals surface area contributed by atoms with Gasteiger partial charge >= 0.3 is 5.97 Å². The average Bonchev–Trinajstić information content (AvgIpc) is 3.29. The number of carbonyl (C=O) groups excluding carboxylic acids is 2. The molecule has 0 unspecified atom stereocenters. The molecule has 27 heavy (non-hydrogen) atoms. The Balaban J connectivity index is 1.79. The van der Waals surface area contributed by atoms with Crippen molar-refractivity contribution >= 4 is 29.2 Å². The number of aryl methyl sites for hydroxylation is 2. The third kappa shape index (κ3) is 3.85. The van der Waals surface area contributed by atoms with Crippen molar-refractivity contribution < 1.29 is 18.7 Å². The highest BCUT2D eigenvalue weighted by atomic mass is 35.5. The normalized spacial score (nSPS) is 10.7. The lowest BCUT2D eigenvalue weighted by atomic mass is 10.1. The van der Waals surface area contributed by atoms with Gasteiger partial charge in [-0.15, -0.1) is 0 Å². The molecule has 140 valence electrons. The Bertz CT molecular complexity index is 1010. The lowest BCUT2D eigenvalue weighted by Crippen LogP contribution is -2.14. The Morgan fingerprint density at radius 2 is 2.11 bits per heavy atom. The summed E-state index contributed by atoms with van der Waals surface area (Å²) in [4.78, 5) is 34.9. The van der Waals surface area contributed by atoms with Crippen LogP contribution in [-0.2, 0) is 11.2 Å². The predicted molar refractivity (Wildman–Crippen MR) is 98.9 cm³/mol. The first-order valence-electron chi connectivity index (χ1n) is 8.13. The van der Waals surface area contributed by atoms with Crippen molar-refractivity contribution in [3.63, 3.8) is 0 Å². The van der Waals surface area contributed by atoms with Crippen LogP contribution >= 0.6 is 11.6 Å². The van der Waals surface area contributed by atoms with E-state index >= 15 is 0 Å². The number of nitrogens with one attached hydrogen (secondary N) is 2. The largest absolute Gasteiger partial charge is 0.464 e. The van der Waals surface area contributed by atoms with Gasteiger partial charge in [0.15, 0.2) is 16.7 Å². The number of hydrogen-bond acceptors (Lipinski definition) is 6. The number of methoxy groups -OCH3 is 1. The monoisotopic (exact) mass is 388 g/mol. The van der Waals surface area contributed by atoms with Crippen molar-refractivity contribution in [3.05, 3.63) is 52.4 Å². The van der Waals surface area contributed by atoms with E-state index in [1.165, 1.54) is 13.4 Å². The highest BCUT2D eigenvalue weighted by molar-refractivity contribution is 6.30. The molecule has 3 rings (SSSR count). The number of esters is 1. The molecule has 0 aliphatic rings. The fourth-order valence-electron chi connectivity index (χ4n) is 2.45. The van der Waals surface area contributed by atoms with E-state index in [1.807, 2.05) is 13.8 Å². The third-order valence-corrected chi connectivity index (χ3v) is 4.23. The van der Waals surface area contributed by atoms with E-state index < -0.39 is 11.9 Å². The van der Waals surface area contributed by atoms with Crippen LogP contribution in [-0.4, -0.2) is 33.9 Å². The van der Waals surface area contributed by atoms with Gasteiger partial charge in [0.25, 0.3) is 5.91 Å². The van der Waals surface area contributed by atoms with Crippen LogP contribution in [0.3, 0.4) is 0 Å². The van der Waals surface area contributed by atoms with Gasteiger partial charge in [0.1, 0.15) is 6.26 Å². The molecule has 0 atom stereocenters. The second-order valence-electron chi connectivity index (χ2n) is 5.72. The van der Waals surface area contributed by atoms with Gasteiger partial charge in [0, 0.05) is 11.3 Å². The maximum absolute atomic E-state index is 12.4. The van der Waals surface area contributed by atoms with Crippen LogP contribution in [0.15, 0.2) is 28.9 Å². The Labute approximate surface area is 159 Å². The molecule has 0 saturated carbocycles. The quantitative estimate of drug-likeness (QED) is 0.646. The van der Waals surface area contributed by atoms with Gasteiger partial charge in [0.2, 0.25) is 5.89 Å². The minimum absolute atomic E-state index is 0.0870. The first-order chi connectivity index (χ1) is 12.9. The Morgan fingerprint density at radius 1 is 1.33 bits per heavy atom. The third-order valence-electron chi connectivity index (χ3n) is 3.92. The van der Waals surface area contributed by atoms with Gasteiger partial charge < -0.3 is 19.5 Å². The maximum atomic E-state index is 12.4. The van der Waals surface area contributed by atoms with Gasteiger partial charge in [0.05, 0.1) is 12.8 Å². The number of benzene rings is 1. The maximum Gasteiger partial charge on any atom is 0.360 e. The summed E-state index contributed by atoms with van der Waals surface area (Å²) in [5.74, 6) is -0.539. The molecule has 0 spiro atoms. The molecule has 2 N–H and O–H groups in total. The molecule has 8 nitrogen and oxygen atoms in total. The highest BCUT2D eigenvalue weighted by Crippen LogP contribution is 2.25. The van der Waals surface area contributed by atoms with Crippen molar-refractivity contribution in [1.82, 2.24) is 15.0 Å². The van der Waals surface area contributed by atoms with Gasteiger partial charge in [-0.25, -0.2) is 14.8 Å². The molecule has 2 aromatic heterocycles.